The van der Waals surface area contributed by atoms with E-state index in [1.165, 1.54) is 12.4 Å². The van der Waals surface area contributed by atoms with Gasteiger partial charge in [0.05, 0.1) is 12.2 Å². The fourth-order valence-corrected chi connectivity index (χ4v) is 2.17. The first-order chi connectivity index (χ1) is 9.97. The van der Waals surface area contributed by atoms with E-state index in [0.717, 1.165) is 0 Å². The van der Waals surface area contributed by atoms with E-state index in [1.54, 1.807) is 4.90 Å². The average Bonchev–Trinajstić information content (AvgIpc) is 2.43. The molecule has 1 saturated heterocycles. The van der Waals surface area contributed by atoms with Crippen LogP contribution >= 0.6 is 0 Å². The van der Waals surface area contributed by atoms with Crippen molar-refractivity contribution in [3.8, 4) is 0 Å². The number of hydrogen-bond donors (Lipinski definition) is 1. The first-order valence-electron chi connectivity index (χ1n) is 6.64. The van der Waals surface area contributed by atoms with Gasteiger partial charge in [0.2, 0.25) is 0 Å². The molecule has 0 aromatic carbocycles. The summed E-state index contributed by atoms with van der Waals surface area (Å²) in [6.07, 6.45) is 2.63. The van der Waals surface area contributed by atoms with E-state index >= 15 is 0 Å². The van der Waals surface area contributed by atoms with Crippen LogP contribution in [-0.2, 0) is 14.3 Å². The maximum Gasteiger partial charge on any atom is 0.361 e. The molecule has 8 heteroatoms. The molecule has 1 aliphatic rings. The van der Waals surface area contributed by atoms with E-state index in [1.807, 2.05) is 13.8 Å². The maximum atomic E-state index is 12.0. The van der Waals surface area contributed by atoms with Crippen molar-refractivity contribution in [1.82, 2.24) is 14.9 Å². The van der Waals surface area contributed by atoms with E-state index < -0.39 is 5.97 Å². The molecular formula is C13H18N4O4. The van der Waals surface area contributed by atoms with Gasteiger partial charge in [-0.25, -0.2) is 14.8 Å². The molecule has 0 bridgehead atoms. The van der Waals surface area contributed by atoms with E-state index in [0.29, 0.717) is 13.1 Å². The van der Waals surface area contributed by atoms with Crippen LogP contribution in [0.4, 0.5) is 5.82 Å². The molecule has 1 aromatic heterocycles. The number of carbonyl (C=O) groups excluding carboxylic acids is 2. The Morgan fingerprint density at radius 3 is 2.57 bits per heavy atom. The molecule has 0 unspecified atom stereocenters. The molecule has 114 valence electrons. The zero-order valence-corrected chi connectivity index (χ0v) is 12.0. The van der Waals surface area contributed by atoms with Crippen molar-refractivity contribution in [1.29, 1.82) is 0 Å². The lowest BCUT2D eigenvalue weighted by atomic mass is 10.2. The van der Waals surface area contributed by atoms with E-state index in [-0.39, 0.29) is 36.2 Å². The van der Waals surface area contributed by atoms with E-state index in [4.69, 9.17) is 15.2 Å². The highest BCUT2D eigenvalue weighted by molar-refractivity contribution is 5.93. The van der Waals surface area contributed by atoms with E-state index in [2.05, 4.69) is 9.97 Å². The third kappa shape index (κ3) is 3.88. The monoisotopic (exact) mass is 294 g/mol. The number of nitrogens with two attached hydrogens (primary N) is 1. The highest BCUT2D eigenvalue weighted by Gasteiger charge is 2.26. The summed E-state index contributed by atoms with van der Waals surface area (Å²) >= 11 is 0. The molecular weight excluding hydrogens is 276 g/mol. The van der Waals surface area contributed by atoms with Gasteiger partial charge in [-0.2, -0.15) is 0 Å². The Bertz CT molecular complexity index is 527. The van der Waals surface area contributed by atoms with Gasteiger partial charge in [-0.15, -0.1) is 0 Å². The molecule has 1 amide bonds. The average molecular weight is 294 g/mol. The number of nitrogens with zero attached hydrogens (tertiary/aromatic N) is 3. The molecule has 1 fully saturated rings. The number of rotatable bonds is 3. The van der Waals surface area contributed by atoms with Crippen LogP contribution in [0.25, 0.3) is 0 Å². The molecule has 2 rings (SSSR count). The lowest BCUT2D eigenvalue weighted by molar-refractivity contribution is -0.146. The standard InChI is InChI=1S/C13H18N4O4/c1-8-5-17(6-9(2)21-8)10(18)7-20-13(19)11-12(14)16-4-3-15-11/h3-4,8-9H,5-7H2,1-2H3,(H2,14,16)/t8-,9-/m1/s1. The van der Waals surface area contributed by atoms with Gasteiger partial charge in [-0.05, 0) is 13.8 Å². The van der Waals surface area contributed by atoms with Crippen LogP contribution in [0, 0.1) is 0 Å². The van der Waals surface area contributed by atoms with Crippen molar-refractivity contribution in [2.45, 2.75) is 26.1 Å². The largest absolute Gasteiger partial charge is 0.451 e. The molecule has 8 nitrogen and oxygen atoms in total. The van der Waals surface area contributed by atoms with Gasteiger partial charge in [0.25, 0.3) is 5.91 Å². The van der Waals surface area contributed by atoms with Gasteiger partial charge in [-0.3, -0.25) is 4.79 Å². The molecule has 2 atom stereocenters. The summed E-state index contributed by atoms with van der Waals surface area (Å²) in [6.45, 7) is 4.39. The quantitative estimate of drug-likeness (QED) is 0.772. The molecule has 0 aliphatic carbocycles. The van der Waals surface area contributed by atoms with Crippen molar-refractivity contribution in [3.05, 3.63) is 18.1 Å². The second kappa shape index (κ2) is 6.49. The number of carbonyl (C=O) groups is 2. The Balaban J connectivity index is 1.89. The van der Waals surface area contributed by atoms with Crippen LogP contribution in [0.1, 0.15) is 24.3 Å². The molecule has 0 spiro atoms. The first kappa shape index (κ1) is 15.2. The molecule has 1 aromatic rings. The Morgan fingerprint density at radius 2 is 1.95 bits per heavy atom. The van der Waals surface area contributed by atoms with Crippen LogP contribution < -0.4 is 5.73 Å². The smallest absolute Gasteiger partial charge is 0.361 e. The van der Waals surface area contributed by atoms with Crippen molar-refractivity contribution < 1.29 is 19.1 Å². The second-order valence-corrected chi connectivity index (χ2v) is 4.92. The minimum Gasteiger partial charge on any atom is -0.451 e. The first-order valence-corrected chi connectivity index (χ1v) is 6.64. The summed E-state index contributed by atoms with van der Waals surface area (Å²) in [4.78, 5) is 33.0. The lowest BCUT2D eigenvalue weighted by Crippen LogP contribution is -2.49. The SMILES string of the molecule is C[C@@H]1CN(C(=O)COC(=O)c2nccnc2N)C[C@@H](C)O1. The van der Waals surface area contributed by atoms with Gasteiger partial charge in [-0.1, -0.05) is 0 Å². The minimum atomic E-state index is -0.761. The predicted molar refractivity (Wildman–Crippen MR) is 73.3 cm³/mol. The summed E-state index contributed by atoms with van der Waals surface area (Å²) in [5.74, 6) is -1.06. The van der Waals surface area contributed by atoms with Crippen LogP contribution in [-0.4, -0.2) is 58.6 Å². The summed E-state index contributed by atoms with van der Waals surface area (Å²) in [7, 11) is 0. The third-order valence-electron chi connectivity index (χ3n) is 3.02. The number of anilines is 1. The topological polar surface area (TPSA) is 108 Å². The van der Waals surface area contributed by atoms with Crippen LogP contribution in [0.15, 0.2) is 12.4 Å². The van der Waals surface area contributed by atoms with E-state index in [9.17, 15) is 9.59 Å². The molecule has 1 aliphatic heterocycles. The normalized spacial score (nSPS) is 21.9. The zero-order chi connectivity index (χ0) is 15.4. The van der Waals surface area contributed by atoms with Gasteiger partial charge in [0.1, 0.15) is 0 Å². The van der Waals surface area contributed by atoms with Crippen molar-refractivity contribution in [2.24, 2.45) is 0 Å². The number of nitrogen functional groups attached to an aromatic ring is 1. The summed E-state index contributed by atoms with van der Waals surface area (Å²) in [6, 6.07) is 0. The van der Waals surface area contributed by atoms with Gasteiger partial charge >= 0.3 is 5.97 Å². The molecule has 2 heterocycles. The minimum absolute atomic E-state index is 0.0245. The summed E-state index contributed by atoms with van der Waals surface area (Å²) in [5.41, 5.74) is 5.43. The fraction of sp³-hybridized carbons (Fsp3) is 0.538. The number of morpholine rings is 1. The second-order valence-electron chi connectivity index (χ2n) is 4.92. The number of amides is 1. The highest BCUT2D eigenvalue weighted by Crippen LogP contribution is 2.11. The third-order valence-corrected chi connectivity index (χ3v) is 3.02. The molecule has 0 radical (unpaired) electrons. The van der Waals surface area contributed by atoms with Crippen molar-refractivity contribution >= 4 is 17.7 Å². The fourth-order valence-electron chi connectivity index (χ4n) is 2.17. The van der Waals surface area contributed by atoms with Gasteiger partial charge in [0.15, 0.2) is 18.1 Å². The lowest BCUT2D eigenvalue weighted by Gasteiger charge is -2.35. The zero-order valence-electron chi connectivity index (χ0n) is 12.0. The number of hydrogen-bond acceptors (Lipinski definition) is 7. The Labute approximate surface area is 122 Å². The summed E-state index contributed by atoms with van der Waals surface area (Å²) in [5, 5.41) is 0. The molecule has 21 heavy (non-hydrogen) atoms. The van der Waals surface area contributed by atoms with Crippen LogP contribution in [0.2, 0.25) is 0 Å². The Morgan fingerprint density at radius 1 is 1.33 bits per heavy atom. The summed E-state index contributed by atoms with van der Waals surface area (Å²) < 4.78 is 10.5. The van der Waals surface area contributed by atoms with Crippen molar-refractivity contribution in [3.63, 3.8) is 0 Å². The van der Waals surface area contributed by atoms with Crippen LogP contribution in [0.3, 0.4) is 0 Å². The maximum absolute atomic E-state index is 12.0. The van der Waals surface area contributed by atoms with Crippen molar-refractivity contribution in [2.75, 3.05) is 25.4 Å². The predicted octanol–water partition coefficient (Wildman–Crippen LogP) is -0.149. The number of ether oxygens (including phenoxy) is 2. The van der Waals surface area contributed by atoms with Gasteiger partial charge in [0, 0.05) is 25.5 Å². The number of aromatic nitrogens is 2. The Hall–Kier alpha value is -2.22. The van der Waals surface area contributed by atoms with Gasteiger partial charge < -0.3 is 20.1 Å². The molecule has 0 saturated carbocycles. The highest BCUT2D eigenvalue weighted by atomic mass is 16.5. The molecule has 2 N–H and O–H groups in total. The van der Waals surface area contributed by atoms with Crippen LogP contribution in [0.5, 0.6) is 0 Å². The number of esters is 1. The Kier molecular flexibility index (Phi) is 4.69.